The molecule has 2 saturated heterocycles. The van der Waals surface area contributed by atoms with Crippen molar-refractivity contribution < 1.29 is 28.6 Å². The molecule has 0 aliphatic carbocycles. The van der Waals surface area contributed by atoms with E-state index in [9.17, 15) is 14.4 Å². The SMILES string of the molecule is CC(C)(C)OC(=O)N1CCN(c2ccc3c(c2)OCC[C@H]2[C@H](CN)OC(=O)N32)C(=O)C1. The van der Waals surface area contributed by atoms with Crippen LogP contribution in [0, 0.1) is 0 Å². The fraction of sp³-hybridized carbons (Fsp3) is 0.571. The van der Waals surface area contributed by atoms with Crippen molar-refractivity contribution in [3.05, 3.63) is 18.2 Å². The molecule has 3 aliphatic heterocycles. The fourth-order valence-electron chi connectivity index (χ4n) is 4.07. The fourth-order valence-corrected chi connectivity index (χ4v) is 4.07. The number of anilines is 2. The van der Waals surface area contributed by atoms with Crippen LogP contribution in [0.1, 0.15) is 27.2 Å². The number of benzene rings is 1. The molecule has 3 heterocycles. The molecule has 0 unspecified atom stereocenters. The van der Waals surface area contributed by atoms with E-state index in [-0.39, 0.29) is 31.1 Å². The quantitative estimate of drug-likeness (QED) is 0.756. The van der Waals surface area contributed by atoms with Crippen LogP contribution in [0.4, 0.5) is 21.0 Å². The average molecular weight is 432 g/mol. The van der Waals surface area contributed by atoms with Crippen LogP contribution in [0.15, 0.2) is 18.2 Å². The van der Waals surface area contributed by atoms with E-state index in [4.69, 9.17) is 19.9 Å². The first kappa shape index (κ1) is 21.2. The molecule has 168 valence electrons. The van der Waals surface area contributed by atoms with Gasteiger partial charge < -0.3 is 24.8 Å². The molecule has 0 aromatic heterocycles. The van der Waals surface area contributed by atoms with Crippen molar-refractivity contribution in [2.45, 2.75) is 44.9 Å². The first-order valence-corrected chi connectivity index (χ1v) is 10.4. The lowest BCUT2D eigenvalue weighted by atomic mass is 10.1. The third kappa shape index (κ3) is 4.12. The molecular formula is C21H28N4O6. The number of amides is 3. The standard InChI is InChI=1S/C21H28N4O6/c1-21(2,3)31-19(27)23-7-8-24(18(26)12-23)13-4-5-14-16(10-13)29-9-6-15-17(11-22)30-20(28)25(14)15/h4-5,10,15,17H,6-9,11-12,22H2,1-3H3/t15-,17-/m0/s1. The number of cyclic esters (lactones) is 1. The lowest BCUT2D eigenvalue weighted by Crippen LogP contribution is -2.53. The average Bonchev–Trinajstić information content (AvgIpc) is 2.89. The highest BCUT2D eigenvalue weighted by Crippen LogP contribution is 2.40. The second-order valence-electron chi connectivity index (χ2n) is 8.83. The number of ether oxygens (including phenoxy) is 3. The molecule has 31 heavy (non-hydrogen) atoms. The predicted molar refractivity (Wildman–Crippen MR) is 112 cm³/mol. The first-order valence-electron chi connectivity index (χ1n) is 10.4. The summed E-state index contributed by atoms with van der Waals surface area (Å²) in [5.74, 6) is 0.296. The second-order valence-corrected chi connectivity index (χ2v) is 8.83. The molecule has 2 N–H and O–H groups in total. The molecule has 2 fully saturated rings. The van der Waals surface area contributed by atoms with Crippen LogP contribution in [0.2, 0.25) is 0 Å². The van der Waals surface area contributed by atoms with E-state index in [0.29, 0.717) is 43.2 Å². The van der Waals surface area contributed by atoms with Gasteiger partial charge in [0.15, 0.2) is 0 Å². The maximum Gasteiger partial charge on any atom is 0.415 e. The summed E-state index contributed by atoms with van der Waals surface area (Å²) in [6.45, 7) is 6.64. The first-order chi connectivity index (χ1) is 14.7. The third-order valence-electron chi connectivity index (χ3n) is 5.50. The summed E-state index contributed by atoms with van der Waals surface area (Å²) in [5, 5.41) is 0. The van der Waals surface area contributed by atoms with Crippen molar-refractivity contribution in [3.63, 3.8) is 0 Å². The van der Waals surface area contributed by atoms with Gasteiger partial charge in [-0.25, -0.2) is 9.59 Å². The number of carbonyl (C=O) groups excluding carboxylic acids is 3. The summed E-state index contributed by atoms with van der Waals surface area (Å²) in [4.78, 5) is 42.1. The Morgan fingerprint density at radius 1 is 1.26 bits per heavy atom. The Morgan fingerprint density at radius 2 is 2.03 bits per heavy atom. The number of rotatable bonds is 2. The molecule has 4 rings (SSSR count). The minimum absolute atomic E-state index is 0.0639. The number of nitrogens with two attached hydrogens (primary N) is 1. The van der Waals surface area contributed by atoms with E-state index < -0.39 is 17.8 Å². The van der Waals surface area contributed by atoms with Crippen molar-refractivity contribution >= 4 is 29.5 Å². The highest BCUT2D eigenvalue weighted by molar-refractivity contribution is 5.99. The topological polar surface area (TPSA) is 115 Å². The third-order valence-corrected chi connectivity index (χ3v) is 5.50. The monoisotopic (exact) mass is 432 g/mol. The number of piperazine rings is 1. The van der Waals surface area contributed by atoms with E-state index >= 15 is 0 Å². The second kappa shape index (κ2) is 7.92. The molecule has 10 nitrogen and oxygen atoms in total. The van der Waals surface area contributed by atoms with Gasteiger partial charge in [-0.15, -0.1) is 0 Å². The lowest BCUT2D eigenvalue weighted by Gasteiger charge is -2.35. The Kier molecular flexibility index (Phi) is 5.42. The van der Waals surface area contributed by atoms with Crippen molar-refractivity contribution in [3.8, 4) is 5.75 Å². The Bertz CT molecular complexity index is 898. The van der Waals surface area contributed by atoms with Crippen LogP contribution in [-0.4, -0.2) is 73.5 Å². The van der Waals surface area contributed by atoms with Gasteiger partial charge in [-0.05, 0) is 32.9 Å². The van der Waals surface area contributed by atoms with Crippen LogP contribution in [0.25, 0.3) is 0 Å². The zero-order chi connectivity index (χ0) is 22.3. The van der Waals surface area contributed by atoms with E-state index in [0.717, 1.165) is 0 Å². The molecule has 0 radical (unpaired) electrons. The van der Waals surface area contributed by atoms with Gasteiger partial charge in [-0.2, -0.15) is 0 Å². The number of hydrogen-bond donors (Lipinski definition) is 1. The largest absolute Gasteiger partial charge is 0.491 e. The molecule has 1 aromatic carbocycles. The molecule has 0 spiro atoms. The van der Waals surface area contributed by atoms with Crippen LogP contribution in [0.3, 0.4) is 0 Å². The summed E-state index contributed by atoms with van der Waals surface area (Å²) in [6.07, 6.45) is -0.712. The van der Waals surface area contributed by atoms with Gasteiger partial charge in [-0.1, -0.05) is 0 Å². The van der Waals surface area contributed by atoms with Gasteiger partial charge in [-0.3, -0.25) is 14.6 Å². The van der Waals surface area contributed by atoms with Crippen LogP contribution in [-0.2, 0) is 14.3 Å². The Hall–Kier alpha value is -3.01. The summed E-state index contributed by atoms with van der Waals surface area (Å²) in [7, 11) is 0. The Balaban J connectivity index is 1.51. The Morgan fingerprint density at radius 3 is 2.71 bits per heavy atom. The van der Waals surface area contributed by atoms with Crippen LogP contribution >= 0.6 is 0 Å². The molecule has 10 heteroatoms. The molecule has 0 bridgehead atoms. The van der Waals surface area contributed by atoms with Gasteiger partial charge in [0.1, 0.15) is 24.0 Å². The molecule has 2 atom stereocenters. The highest BCUT2D eigenvalue weighted by Gasteiger charge is 2.44. The summed E-state index contributed by atoms with van der Waals surface area (Å²) >= 11 is 0. The number of nitrogens with zero attached hydrogens (tertiary/aromatic N) is 3. The molecule has 3 aliphatic rings. The molecule has 3 amide bonds. The van der Waals surface area contributed by atoms with Gasteiger partial charge in [0.2, 0.25) is 5.91 Å². The smallest absolute Gasteiger partial charge is 0.415 e. The minimum Gasteiger partial charge on any atom is -0.491 e. The molecule has 1 aromatic rings. The van der Waals surface area contributed by atoms with Gasteiger partial charge >= 0.3 is 12.2 Å². The summed E-state index contributed by atoms with van der Waals surface area (Å²) < 4.78 is 16.6. The Labute approximate surface area is 180 Å². The highest BCUT2D eigenvalue weighted by atomic mass is 16.6. The lowest BCUT2D eigenvalue weighted by molar-refractivity contribution is -0.121. The molecular weight excluding hydrogens is 404 g/mol. The number of hydrogen-bond acceptors (Lipinski definition) is 7. The van der Waals surface area contributed by atoms with Crippen LogP contribution < -0.4 is 20.3 Å². The van der Waals surface area contributed by atoms with Crippen molar-refractivity contribution in [2.24, 2.45) is 5.73 Å². The zero-order valence-electron chi connectivity index (χ0n) is 18.0. The zero-order valence-corrected chi connectivity index (χ0v) is 18.0. The van der Waals surface area contributed by atoms with Crippen molar-refractivity contribution in [1.29, 1.82) is 0 Å². The van der Waals surface area contributed by atoms with E-state index in [2.05, 4.69) is 0 Å². The van der Waals surface area contributed by atoms with Crippen LogP contribution in [0.5, 0.6) is 5.75 Å². The van der Waals surface area contributed by atoms with E-state index in [1.165, 1.54) is 4.90 Å². The normalized spacial score (nSPS) is 23.5. The maximum absolute atomic E-state index is 12.8. The number of fused-ring (bicyclic) bond motifs is 3. The minimum atomic E-state index is -0.622. The van der Waals surface area contributed by atoms with E-state index in [1.54, 1.807) is 48.8 Å². The molecule has 0 saturated carbocycles. The van der Waals surface area contributed by atoms with Gasteiger partial charge in [0.25, 0.3) is 0 Å². The summed E-state index contributed by atoms with van der Waals surface area (Å²) in [6, 6.07) is 5.11. The summed E-state index contributed by atoms with van der Waals surface area (Å²) in [5.41, 5.74) is 6.38. The van der Waals surface area contributed by atoms with Crippen molar-refractivity contribution in [2.75, 3.05) is 42.6 Å². The van der Waals surface area contributed by atoms with Crippen molar-refractivity contribution in [1.82, 2.24) is 4.90 Å². The number of carbonyl (C=O) groups is 3. The van der Waals surface area contributed by atoms with Gasteiger partial charge in [0, 0.05) is 37.8 Å². The van der Waals surface area contributed by atoms with Gasteiger partial charge in [0.05, 0.1) is 18.3 Å². The maximum atomic E-state index is 12.8. The van der Waals surface area contributed by atoms with E-state index in [1.807, 2.05) is 0 Å². The predicted octanol–water partition coefficient (Wildman–Crippen LogP) is 1.71.